The van der Waals surface area contributed by atoms with Gasteiger partial charge in [0.2, 0.25) is 11.8 Å². The number of hydrogen-bond acceptors (Lipinski definition) is 17. The Morgan fingerprint density at radius 3 is 1.57 bits per heavy atom. The van der Waals surface area contributed by atoms with Gasteiger partial charge < -0.3 is 65.8 Å². The van der Waals surface area contributed by atoms with Crippen molar-refractivity contribution >= 4 is 35.0 Å². The fourth-order valence-corrected chi connectivity index (χ4v) is 18.5. The Bertz CT molecular complexity index is 3840. The molecule has 2 heterocycles. The summed E-state index contributed by atoms with van der Waals surface area (Å²) in [5.74, 6) is 2.08. The molecule has 4 bridgehead atoms. The van der Waals surface area contributed by atoms with E-state index in [1.54, 1.807) is 26.0 Å². The third kappa shape index (κ3) is 18.0. The van der Waals surface area contributed by atoms with E-state index in [1.807, 2.05) is 157 Å². The molecular weight excluding hydrogens is 1340 g/mol. The lowest BCUT2D eigenvalue weighted by Crippen LogP contribution is -2.62. The van der Waals surface area contributed by atoms with Gasteiger partial charge in [-0.1, -0.05) is 108 Å². The number of nitrogens with zero attached hydrogens (tertiary/aromatic N) is 7. The maximum Gasteiger partial charge on any atom is 0.251 e. The van der Waals surface area contributed by atoms with Crippen LogP contribution in [0.15, 0.2) is 103 Å². The first-order valence-electron chi connectivity index (χ1n) is 38.6. The number of carbonyl (C=O) groups excluding carboxylic acids is 4. The van der Waals surface area contributed by atoms with Crippen molar-refractivity contribution in [2.45, 2.75) is 162 Å². The Morgan fingerprint density at radius 1 is 0.604 bits per heavy atom. The summed E-state index contributed by atoms with van der Waals surface area (Å²) in [7, 11) is 21.5. The Morgan fingerprint density at radius 2 is 1.09 bits per heavy atom. The molecule has 5 aromatic rings. The number of hydrogen-bond donors (Lipinski definition) is 7. The van der Waals surface area contributed by atoms with Gasteiger partial charge in [-0.15, -0.1) is 0 Å². The van der Waals surface area contributed by atoms with Crippen molar-refractivity contribution in [3.63, 3.8) is 0 Å². The van der Waals surface area contributed by atoms with Crippen molar-refractivity contribution < 1.29 is 48.9 Å². The molecule has 17 atom stereocenters. The summed E-state index contributed by atoms with van der Waals surface area (Å²) in [6, 6.07) is 32.6. The molecule has 21 nitrogen and oxygen atoms in total. The number of aliphatic hydroxyl groups excluding tert-OH is 3. The number of aliphatic hydroxyl groups is 3. The molecule has 2 aliphatic heterocycles. The number of fused-ring (bicyclic) bond motifs is 4. The summed E-state index contributed by atoms with van der Waals surface area (Å²) in [5, 5.41) is 49.0. The Labute approximate surface area is 631 Å². The zero-order valence-corrected chi connectivity index (χ0v) is 66.9. The van der Waals surface area contributed by atoms with Crippen LogP contribution >= 0.6 is 0 Å². The predicted octanol–water partition coefficient (Wildman–Crippen LogP) is 9.24. The smallest absolute Gasteiger partial charge is 0.251 e. The molecule has 0 radical (unpaired) electrons. The standard InChI is InChI=1S/C48H70N6O6.C37H55N5O4/c1-30-40-25-36(48(40,3)4)26-41(30)50-47(58)44-43(31(2)56)42(29-55)60-54(44)27-33-17-14-18-39(45(33)59-20-19-51(5)6)34-22-35(24-38(23-34)53(9)10)46(57)49-37(28-52(7)8)21-32-15-12-11-13-16-32;1-21-24(12-11-13-29(21)25-14-26(35(44)38-6)16-28(15-25)41(9)10)19-42-34(33(23(3)43)32(46-42)20-40(7)8)36(45)39-31-18-27-17-30(22(31)2)37(27,4)5/h11-18,22-24,30-31,36-37,40-44,55-56H,19-21,25-29H2,1-10H3,(H,49,57)(H,50,58);11-16,22-23,27,30-34,43H,17-20H2,1-10H3,(H,38,44)(H,39,45)/t30-,31-,36+,37-,40-,41-,42-,43+,44-;22-,23-,27+,30-,31-,32-,33+,34-/m00/s1. The minimum atomic E-state index is -0.912. The number of carbonyl (C=O) groups is 4. The van der Waals surface area contributed by atoms with Crippen LogP contribution in [0.2, 0.25) is 0 Å². The average molecular weight is 1460 g/mol. The highest BCUT2D eigenvalue weighted by molar-refractivity contribution is 5.98. The van der Waals surface area contributed by atoms with Crippen molar-refractivity contribution in [2.75, 3.05) is 120 Å². The summed E-state index contributed by atoms with van der Waals surface area (Å²) in [6.45, 7) is 22.0. The van der Waals surface area contributed by atoms with Crippen LogP contribution < -0.4 is 35.8 Å². The van der Waals surface area contributed by atoms with Crippen LogP contribution in [0.5, 0.6) is 5.75 Å². The third-order valence-corrected chi connectivity index (χ3v) is 25.0. The SMILES string of the molecule is CNC(=O)c1cc(-c2cccc(CN3O[C@@H](CN(C)C)[C@@H]([C@H](C)O)[C@H]3C(=O)N[C@H]3C[C@H]4C[C@@H]([C@@H]3C)C4(C)C)c2C)cc(N(C)C)c1.C[C@@H]1[C@@H](NC(=O)[C@@H]2[C@H]([C@H](C)O)[C@H](CO)ON2Cc2cccc(-c3cc(C(=O)N[C@@H](Cc4ccccc4)CN(C)C)cc(N(C)C)c3)c2OCCN(C)C)C[C@H]2C[C@@H]1C2(C)C. The average Bonchev–Trinajstić information content (AvgIpc) is 0.945. The van der Waals surface area contributed by atoms with E-state index >= 15 is 0 Å². The van der Waals surface area contributed by atoms with Crippen molar-refractivity contribution in [2.24, 2.45) is 58.2 Å². The molecule has 7 N–H and O–H groups in total. The van der Waals surface area contributed by atoms with E-state index < -0.39 is 36.3 Å². The maximum absolute atomic E-state index is 14.5. The Balaban J connectivity index is 0.000000235. The fourth-order valence-electron chi connectivity index (χ4n) is 18.5. The zero-order valence-electron chi connectivity index (χ0n) is 66.9. The van der Waals surface area contributed by atoms with Gasteiger partial charge in [-0.05, 0) is 211 Å². The van der Waals surface area contributed by atoms with Gasteiger partial charge in [-0.3, -0.25) is 28.9 Å². The number of nitrogens with one attached hydrogen (secondary N) is 4. The molecule has 8 fully saturated rings. The van der Waals surface area contributed by atoms with E-state index in [9.17, 15) is 34.5 Å². The number of benzene rings is 5. The molecule has 580 valence electrons. The number of anilines is 2. The van der Waals surface area contributed by atoms with E-state index in [1.165, 1.54) is 12.8 Å². The van der Waals surface area contributed by atoms with Crippen LogP contribution in [0, 0.1) is 65.1 Å². The molecule has 21 heteroatoms. The topological polar surface area (TPSA) is 227 Å². The second-order valence-corrected chi connectivity index (χ2v) is 34.1. The Hall–Kier alpha value is -7.02. The molecule has 0 spiro atoms. The van der Waals surface area contributed by atoms with Crippen LogP contribution in [0.4, 0.5) is 11.4 Å². The van der Waals surface area contributed by atoms with E-state index in [-0.39, 0.29) is 72.3 Å². The minimum Gasteiger partial charge on any atom is -0.491 e. The lowest BCUT2D eigenvalue weighted by Gasteiger charge is -2.62. The molecule has 0 unspecified atom stereocenters. The van der Waals surface area contributed by atoms with Crippen molar-refractivity contribution in [1.82, 2.24) is 46.1 Å². The second-order valence-electron chi connectivity index (χ2n) is 34.1. The summed E-state index contributed by atoms with van der Waals surface area (Å²) in [4.78, 5) is 78.7. The summed E-state index contributed by atoms with van der Waals surface area (Å²) >= 11 is 0. The van der Waals surface area contributed by atoms with Crippen LogP contribution in [-0.2, 0) is 38.8 Å². The molecule has 6 saturated carbocycles. The first-order valence-corrected chi connectivity index (χ1v) is 38.6. The number of amides is 4. The quantitative estimate of drug-likeness (QED) is 0.0248. The molecule has 8 aliphatic rings. The van der Waals surface area contributed by atoms with Crippen molar-refractivity contribution in [3.05, 3.63) is 137 Å². The zero-order chi connectivity index (χ0) is 77.1. The van der Waals surface area contributed by atoms with Crippen LogP contribution in [0.1, 0.15) is 124 Å². The maximum atomic E-state index is 14.5. The lowest BCUT2D eigenvalue weighted by atomic mass is 9.45. The van der Waals surface area contributed by atoms with Crippen LogP contribution in [0.25, 0.3) is 22.3 Å². The molecular formula is C85H125N11O10. The highest BCUT2D eigenvalue weighted by Gasteiger charge is 2.59. The number of para-hydroxylation sites is 1. The van der Waals surface area contributed by atoms with Crippen molar-refractivity contribution in [1.29, 1.82) is 0 Å². The number of likely N-dealkylation sites (N-methyl/N-ethyl adjacent to an activating group) is 3. The van der Waals surface area contributed by atoms with E-state index in [2.05, 4.69) is 116 Å². The van der Waals surface area contributed by atoms with Crippen molar-refractivity contribution in [3.8, 4) is 28.0 Å². The summed E-state index contributed by atoms with van der Waals surface area (Å²) in [6.07, 6.45) is 2.31. The van der Waals surface area contributed by atoms with Gasteiger partial charge in [0.05, 0.1) is 38.0 Å². The largest absolute Gasteiger partial charge is 0.491 e. The van der Waals surface area contributed by atoms with Gasteiger partial charge in [-0.2, -0.15) is 10.1 Å². The second kappa shape index (κ2) is 34.3. The molecule has 2 saturated heterocycles. The summed E-state index contributed by atoms with van der Waals surface area (Å²) < 4.78 is 6.67. The van der Waals surface area contributed by atoms with Gasteiger partial charge in [0.25, 0.3) is 11.8 Å². The van der Waals surface area contributed by atoms with E-state index in [0.717, 1.165) is 68.7 Å². The lowest BCUT2D eigenvalue weighted by molar-refractivity contribution is -0.183. The summed E-state index contributed by atoms with van der Waals surface area (Å²) in [5.41, 5.74) is 11.1. The first-order chi connectivity index (χ1) is 50.1. The predicted molar refractivity (Wildman–Crippen MR) is 421 cm³/mol. The highest BCUT2D eigenvalue weighted by Crippen LogP contribution is 2.62. The van der Waals surface area contributed by atoms with E-state index in [0.29, 0.717) is 97.0 Å². The Kier molecular flexibility index (Phi) is 26.3. The van der Waals surface area contributed by atoms with Gasteiger partial charge in [0.1, 0.15) is 30.5 Å². The molecule has 4 amide bonds. The number of hydroxylamine groups is 4. The fraction of sp³-hybridized carbons (Fsp3) is 0.600. The number of ether oxygens (including phenoxy) is 1. The van der Waals surface area contributed by atoms with Gasteiger partial charge in [0.15, 0.2) is 0 Å². The highest BCUT2D eigenvalue weighted by atomic mass is 16.7. The minimum absolute atomic E-state index is 0.0269. The number of rotatable bonds is 28. The molecule has 5 aromatic carbocycles. The normalized spacial score (nSPS) is 27.3. The van der Waals surface area contributed by atoms with Gasteiger partial charge >= 0.3 is 0 Å². The van der Waals surface area contributed by atoms with Gasteiger partial charge in [0, 0.05) is 118 Å². The third-order valence-electron chi connectivity index (χ3n) is 25.0. The molecule has 6 aliphatic carbocycles. The van der Waals surface area contributed by atoms with Gasteiger partial charge in [-0.25, -0.2) is 0 Å². The molecule has 13 rings (SSSR count). The molecule has 0 aromatic heterocycles. The molecule has 106 heavy (non-hydrogen) atoms. The van der Waals surface area contributed by atoms with Crippen LogP contribution in [0.3, 0.4) is 0 Å². The van der Waals surface area contributed by atoms with E-state index in [4.69, 9.17) is 14.4 Å². The first kappa shape index (κ1) is 81.5. The van der Waals surface area contributed by atoms with Crippen LogP contribution in [-0.4, -0.2) is 229 Å². The monoisotopic (exact) mass is 1460 g/mol.